The Morgan fingerprint density at radius 3 is 2.38 bits per heavy atom. The number of ether oxygens (including phenoxy) is 1. The van der Waals surface area contributed by atoms with Crippen LogP contribution in [0.4, 0.5) is 0 Å². The summed E-state index contributed by atoms with van der Waals surface area (Å²) < 4.78 is 5.66. The monoisotopic (exact) mass is 401 g/mol. The number of hydrogen-bond donors (Lipinski definition) is 1. The number of carboxylic acid groups (broad SMARTS) is 1. The van der Waals surface area contributed by atoms with E-state index in [0.717, 1.165) is 44.3 Å². The van der Waals surface area contributed by atoms with Gasteiger partial charge in [0.15, 0.2) is 5.78 Å². The Kier molecular flexibility index (Phi) is 6.93. The Labute approximate surface area is 172 Å². The van der Waals surface area contributed by atoms with Gasteiger partial charge in [0, 0.05) is 31.5 Å². The maximum absolute atomic E-state index is 12.4. The Morgan fingerprint density at radius 2 is 1.79 bits per heavy atom. The molecule has 1 saturated carbocycles. The van der Waals surface area contributed by atoms with Crippen LogP contribution >= 0.6 is 0 Å². The van der Waals surface area contributed by atoms with Crippen molar-refractivity contribution < 1.29 is 24.2 Å². The molecule has 0 radical (unpaired) electrons. The lowest BCUT2D eigenvalue weighted by molar-refractivity contribution is -0.139. The first-order valence-corrected chi connectivity index (χ1v) is 10.7. The van der Waals surface area contributed by atoms with Crippen LogP contribution < -0.4 is 4.74 Å². The summed E-state index contributed by atoms with van der Waals surface area (Å²) in [6.45, 7) is 4.02. The van der Waals surface area contributed by atoms with E-state index in [0.29, 0.717) is 25.3 Å². The van der Waals surface area contributed by atoms with Crippen LogP contribution in [0.5, 0.6) is 5.75 Å². The van der Waals surface area contributed by atoms with Gasteiger partial charge in [0.25, 0.3) is 0 Å². The summed E-state index contributed by atoms with van der Waals surface area (Å²) in [5, 5.41) is 9.15. The number of aliphatic carboxylic acids is 1. The summed E-state index contributed by atoms with van der Waals surface area (Å²) in [4.78, 5) is 37.8. The average Bonchev–Trinajstić information content (AvgIpc) is 3.44. The third-order valence-corrected chi connectivity index (χ3v) is 6.36. The van der Waals surface area contributed by atoms with Crippen LogP contribution in [-0.4, -0.2) is 47.4 Å². The van der Waals surface area contributed by atoms with E-state index in [1.807, 2.05) is 0 Å². The van der Waals surface area contributed by atoms with Crippen molar-refractivity contribution in [2.75, 3.05) is 19.7 Å². The first-order chi connectivity index (χ1) is 13.9. The van der Waals surface area contributed by atoms with E-state index in [-0.39, 0.29) is 35.9 Å². The van der Waals surface area contributed by atoms with Crippen LogP contribution in [0, 0.1) is 11.3 Å². The van der Waals surface area contributed by atoms with Crippen molar-refractivity contribution >= 4 is 17.7 Å². The van der Waals surface area contributed by atoms with Gasteiger partial charge < -0.3 is 14.7 Å². The summed E-state index contributed by atoms with van der Waals surface area (Å²) in [5.41, 5.74) is 0.511. The van der Waals surface area contributed by atoms with Gasteiger partial charge in [0.1, 0.15) is 5.75 Å². The standard InChI is InChI=1S/C23H31NO5/c1-2-3-4-15-29-18-7-5-17(6-8-18)20(25)9-10-21(26)24-13-11-23(12-14-24)16-19(23)22(27)28/h5-8,19H,2-4,9-16H2,1H3,(H,27,28). The predicted molar refractivity (Wildman–Crippen MR) is 109 cm³/mol. The highest BCUT2D eigenvalue weighted by molar-refractivity contribution is 5.98. The SMILES string of the molecule is CCCCCOc1ccc(C(=O)CCC(=O)N2CCC3(CC2)CC3C(=O)O)cc1. The number of ketones is 1. The number of benzene rings is 1. The van der Waals surface area contributed by atoms with Gasteiger partial charge in [-0.15, -0.1) is 0 Å². The highest BCUT2D eigenvalue weighted by Gasteiger charge is 2.59. The topological polar surface area (TPSA) is 83.9 Å². The molecule has 1 spiro atoms. The van der Waals surface area contributed by atoms with Crippen LogP contribution in [-0.2, 0) is 9.59 Å². The number of amides is 1. The Morgan fingerprint density at radius 1 is 1.10 bits per heavy atom. The molecule has 1 amide bonds. The van der Waals surface area contributed by atoms with E-state index in [2.05, 4.69) is 6.92 Å². The molecule has 1 aromatic rings. The average molecular weight is 402 g/mol. The maximum Gasteiger partial charge on any atom is 0.307 e. The van der Waals surface area contributed by atoms with Crippen molar-refractivity contribution in [2.24, 2.45) is 11.3 Å². The summed E-state index contributed by atoms with van der Waals surface area (Å²) in [5.74, 6) is -0.252. The summed E-state index contributed by atoms with van der Waals surface area (Å²) in [6.07, 6.45) is 5.94. The molecule has 29 heavy (non-hydrogen) atoms. The summed E-state index contributed by atoms with van der Waals surface area (Å²) >= 11 is 0. The molecule has 1 atom stereocenters. The second kappa shape index (κ2) is 9.42. The van der Waals surface area contributed by atoms with Crippen LogP contribution in [0.15, 0.2) is 24.3 Å². The number of hydrogen-bond acceptors (Lipinski definition) is 4. The van der Waals surface area contributed by atoms with Gasteiger partial charge in [-0.05, 0) is 55.4 Å². The molecule has 1 N–H and O–H groups in total. The molecule has 158 valence electrons. The number of nitrogens with zero attached hydrogens (tertiary/aromatic N) is 1. The predicted octanol–water partition coefficient (Wildman–Crippen LogP) is 3.93. The van der Waals surface area contributed by atoms with E-state index in [9.17, 15) is 14.4 Å². The number of carbonyl (C=O) groups is 3. The second-order valence-corrected chi connectivity index (χ2v) is 8.34. The van der Waals surface area contributed by atoms with Gasteiger partial charge in [0.2, 0.25) is 5.91 Å². The van der Waals surface area contributed by atoms with Crippen LogP contribution in [0.25, 0.3) is 0 Å². The maximum atomic E-state index is 12.4. The first kappa shape index (κ1) is 21.3. The molecular formula is C23H31NO5. The molecule has 0 aromatic heterocycles. The number of Topliss-reactive ketones (excluding diaryl/α,β-unsaturated/α-hetero) is 1. The van der Waals surface area contributed by atoms with E-state index in [1.165, 1.54) is 0 Å². The highest BCUT2D eigenvalue weighted by Crippen LogP contribution is 2.59. The van der Waals surface area contributed by atoms with E-state index in [1.54, 1.807) is 29.2 Å². The van der Waals surface area contributed by atoms with Crippen molar-refractivity contribution in [1.82, 2.24) is 4.90 Å². The molecular weight excluding hydrogens is 370 g/mol. The Hall–Kier alpha value is -2.37. The molecule has 6 nitrogen and oxygen atoms in total. The first-order valence-electron chi connectivity index (χ1n) is 10.7. The van der Waals surface area contributed by atoms with Crippen molar-refractivity contribution in [3.8, 4) is 5.75 Å². The molecule has 3 rings (SSSR count). The quantitative estimate of drug-likeness (QED) is 0.474. The number of likely N-dealkylation sites (tertiary alicyclic amines) is 1. The van der Waals surface area contributed by atoms with Crippen LogP contribution in [0.1, 0.15) is 68.6 Å². The molecule has 1 unspecified atom stereocenters. The lowest BCUT2D eigenvalue weighted by Gasteiger charge is -2.32. The molecule has 0 bridgehead atoms. The summed E-state index contributed by atoms with van der Waals surface area (Å²) in [6, 6.07) is 7.12. The van der Waals surface area contributed by atoms with E-state index in [4.69, 9.17) is 9.84 Å². The van der Waals surface area contributed by atoms with Gasteiger partial charge >= 0.3 is 5.97 Å². The minimum atomic E-state index is -0.715. The van der Waals surface area contributed by atoms with Gasteiger partial charge in [-0.2, -0.15) is 0 Å². The molecule has 1 saturated heterocycles. The second-order valence-electron chi connectivity index (χ2n) is 8.34. The Balaban J connectivity index is 1.39. The van der Waals surface area contributed by atoms with Crippen molar-refractivity contribution in [1.29, 1.82) is 0 Å². The van der Waals surface area contributed by atoms with Gasteiger partial charge in [0.05, 0.1) is 12.5 Å². The number of carboxylic acids is 1. The normalized spacial score (nSPS) is 19.8. The number of piperidine rings is 1. The largest absolute Gasteiger partial charge is 0.494 e. The molecule has 2 aliphatic rings. The van der Waals surface area contributed by atoms with Gasteiger partial charge in [-0.1, -0.05) is 19.8 Å². The minimum Gasteiger partial charge on any atom is -0.494 e. The highest BCUT2D eigenvalue weighted by atomic mass is 16.5. The molecule has 1 aliphatic heterocycles. The zero-order valence-electron chi connectivity index (χ0n) is 17.2. The lowest BCUT2D eigenvalue weighted by atomic mass is 9.90. The van der Waals surface area contributed by atoms with Crippen molar-refractivity contribution in [3.05, 3.63) is 29.8 Å². The minimum absolute atomic E-state index is 0.0170. The molecule has 1 aromatic carbocycles. The van der Waals surface area contributed by atoms with E-state index >= 15 is 0 Å². The van der Waals surface area contributed by atoms with Gasteiger partial charge in [-0.3, -0.25) is 14.4 Å². The fraction of sp³-hybridized carbons (Fsp3) is 0.609. The smallest absolute Gasteiger partial charge is 0.307 e. The third kappa shape index (κ3) is 5.37. The Bertz CT molecular complexity index is 734. The molecule has 1 heterocycles. The van der Waals surface area contributed by atoms with Crippen LogP contribution in [0.3, 0.4) is 0 Å². The molecule has 6 heteroatoms. The van der Waals surface area contributed by atoms with Gasteiger partial charge in [-0.25, -0.2) is 0 Å². The zero-order valence-corrected chi connectivity index (χ0v) is 17.2. The fourth-order valence-electron chi connectivity index (χ4n) is 4.25. The lowest BCUT2D eigenvalue weighted by Crippen LogP contribution is -2.40. The molecule has 2 fully saturated rings. The molecule has 1 aliphatic carbocycles. The summed E-state index contributed by atoms with van der Waals surface area (Å²) in [7, 11) is 0. The van der Waals surface area contributed by atoms with Crippen LogP contribution in [0.2, 0.25) is 0 Å². The number of rotatable bonds is 10. The number of carbonyl (C=O) groups excluding carboxylic acids is 2. The fourth-order valence-corrected chi connectivity index (χ4v) is 4.25. The zero-order chi connectivity index (χ0) is 20.9. The number of unbranched alkanes of at least 4 members (excludes halogenated alkanes) is 2. The van der Waals surface area contributed by atoms with Crippen molar-refractivity contribution in [2.45, 2.75) is 58.3 Å². The van der Waals surface area contributed by atoms with Crippen molar-refractivity contribution in [3.63, 3.8) is 0 Å². The third-order valence-electron chi connectivity index (χ3n) is 6.36. The van der Waals surface area contributed by atoms with E-state index < -0.39 is 5.97 Å².